The number of ketones is 1. The first-order valence-corrected chi connectivity index (χ1v) is 7.20. The quantitative estimate of drug-likeness (QED) is 0.729. The molecule has 2 N–H and O–H groups in total. The number of aromatic amines is 1. The standard InChI is InChI=1S/C19H15NO3/c1-12-15(17(21)14-10-6-3-7-11-14)18(22)16(19(23)20-12)13-8-4-2-5-9-13/h2-11H,1H3,(H2,20,22,23). The molecule has 0 saturated heterocycles. The molecule has 1 aromatic heterocycles. The van der Waals surface area contributed by atoms with Crippen molar-refractivity contribution in [1.82, 2.24) is 4.98 Å². The minimum absolute atomic E-state index is 0.107. The highest BCUT2D eigenvalue weighted by atomic mass is 16.3. The maximum atomic E-state index is 12.7. The molecule has 23 heavy (non-hydrogen) atoms. The van der Waals surface area contributed by atoms with Crippen LogP contribution in [0.2, 0.25) is 0 Å². The Kier molecular flexibility index (Phi) is 3.81. The second kappa shape index (κ2) is 5.93. The van der Waals surface area contributed by atoms with Crippen molar-refractivity contribution in [2.24, 2.45) is 0 Å². The fourth-order valence-electron chi connectivity index (χ4n) is 2.59. The lowest BCUT2D eigenvalue weighted by Crippen LogP contribution is -2.16. The fraction of sp³-hybridized carbons (Fsp3) is 0.0526. The van der Waals surface area contributed by atoms with Crippen LogP contribution in [0.4, 0.5) is 0 Å². The Hall–Kier alpha value is -3.14. The van der Waals surface area contributed by atoms with Gasteiger partial charge in [-0.05, 0) is 12.5 Å². The zero-order valence-electron chi connectivity index (χ0n) is 12.5. The van der Waals surface area contributed by atoms with Gasteiger partial charge in [0.05, 0.1) is 11.1 Å². The van der Waals surface area contributed by atoms with Gasteiger partial charge in [0.15, 0.2) is 5.78 Å². The van der Waals surface area contributed by atoms with Crippen LogP contribution < -0.4 is 5.56 Å². The van der Waals surface area contributed by atoms with E-state index in [9.17, 15) is 14.7 Å². The summed E-state index contributed by atoms with van der Waals surface area (Å²) in [4.78, 5) is 27.6. The van der Waals surface area contributed by atoms with E-state index in [4.69, 9.17) is 0 Å². The van der Waals surface area contributed by atoms with Crippen LogP contribution in [-0.2, 0) is 0 Å². The van der Waals surface area contributed by atoms with Gasteiger partial charge in [-0.2, -0.15) is 0 Å². The van der Waals surface area contributed by atoms with Gasteiger partial charge in [0.1, 0.15) is 5.75 Å². The maximum absolute atomic E-state index is 12.7. The van der Waals surface area contributed by atoms with Crippen LogP contribution in [0.1, 0.15) is 21.6 Å². The van der Waals surface area contributed by atoms with Gasteiger partial charge in [0.25, 0.3) is 5.56 Å². The summed E-state index contributed by atoms with van der Waals surface area (Å²) in [7, 11) is 0. The number of rotatable bonds is 3. The van der Waals surface area contributed by atoms with Crippen molar-refractivity contribution in [2.75, 3.05) is 0 Å². The number of H-pyrrole nitrogens is 1. The number of aromatic hydroxyl groups is 1. The largest absolute Gasteiger partial charge is 0.506 e. The number of aryl methyl sites for hydroxylation is 1. The number of aromatic nitrogens is 1. The molecule has 0 bridgehead atoms. The van der Waals surface area contributed by atoms with Crippen LogP contribution in [0.5, 0.6) is 5.75 Å². The van der Waals surface area contributed by atoms with Crippen molar-refractivity contribution in [2.45, 2.75) is 6.92 Å². The smallest absolute Gasteiger partial charge is 0.259 e. The molecule has 0 aliphatic heterocycles. The van der Waals surface area contributed by atoms with E-state index in [-0.39, 0.29) is 22.7 Å². The van der Waals surface area contributed by atoms with Gasteiger partial charge in [-0.3, -0.25) is 9.59 Å². The Morgan fingerprint density at radius 3 is 2.13 bits per heavy atom. The summed E-state index contributed by atoms with van der Waals surface area (Å²) in [6.45, 7) is 1.60. The normalized spacial score (nSPS) is 10.5. The summed E-state index contributed by atoms with van der Waals surface area (Å²) in [5.74, 6) is -0.611. The first kappa shape index (κ1) is 14.8. The minimum Gasteiger partial charge on any atom is -0.506 e. The van der Waals surface area contributed by atoms with E-state index >= 15 is 0 Å². The number of hydrogen-bond acceptors (Lipinski definition) is 3. The number of benzene rings is 2. The van der Waals surface area contributed by atoms with Crippen molar-refractivity contribution in [3.63, 3.8) is 0 Å². The Morgan fingerprint density at radius 1 is 0.957 bits per heavy atom. The van der Waals surface area contributed by atoms with E-state index in [0.29, 0.717) is 16.8 Å². The Bertz CT molecular complexity index is 913. The average Bonchev–Trinajstić information content (AvgIpc) is 2.56. The molecular formula is C19H15NO3. The highest BCUT2D eigenvalue weighted by Crippen LogP contribution is 2.31. The van der Waals surface area contributed by atoms with E-state index in [2.05, 4.69) is 4.98 Å². The summed E-state index contributed by atoms with van der Waals surface area (Å²) in [5, 5.41) is 10.6. The van der Waals surface area contributed by atoms with Crippen LogP contribution in [0.3, 0.4) is 0 Å². The van der Waals surface area contributed by atoms with Gasteiger partial charge in [0.2, 0.25) is 0 Å². The molecule has 0 unspecified atom stereocenters. The average molecular weight is 305 g/mol. The lowest BCUT2D eigenvalue weighted by atomic mass is 9.96. The topological polar surface area (TPSA) is 70.2 Å². The molecule has 3 aromatic rings. The van der Waals surface area contributed by atoms with Crippen molar-refractivity contribution in [3.05, 3.63) is 87.8 Å². The van der Waals surface area contributed by atoms with Crippen LogP contribution in [0.15, 0.2) is 65.5 Å². The highest BCUT2D eigenvalue weighted by Gasteiger charge is 2.22. The van der Waals surface area contributed by atoms with Gasteiger partial charge >= 0.3 is 0 Å². The molecule has 0 spiro atoms. The number of carbonyl (C=O) groups excluding carboxylic acids is 1. The minimum atomic E-state index is -0.421. The Morgan fingerprint density at radius 2 is 1.52 bits per heavy atom. The molecular weight excluding hydrogens is 290 g/mol. The van der Waals surface area contributed by atoms with E-state index in [1.165, 1.54) is 0 Å². The molecule has 4 nitrogen and oxygen atoms in total. The fourth-order valence-corrected chi connectivity index (χ4v) is 2.59. The van der Waals surface area contributed by atoms with E-state index in [0.717, 1.165) is 0 Å². The molecule has 4 heteroatoms. The molecule has 0 aliphatic carbocycles. The summed E-state index contributed by atoms with van der Waals surface area (Å²) < 4.78 is 0. The first-order valence-electron chi connectivity index (χ1n) is 7.20. The SMILES string of the molecule is Cc1[nH]c(=O)c(-c2ccccc2)c(O)c1C(=O)c1ccccc1. The Balaban J connectivity index is 2.23. The van der Waals surface area contributed by atoms with E-state index in [1.54, 1.807) is 55.5 Å². The summed E-state index contributed by atoms with van der Waals surface area (Å²) in [5.41, 5.74) is 1.17. The third kappa shape index (κ3) is 2.66. The van der Waals surface area contributed by atoms with Crippen molar-refractivity contribution < 1.29 is 9.90 Å². The number of pyridine rings is 1. The predicted molar refractivity (Wildman–Crippen MR) is 88.8 cm³/mol. The van der Waals surface area contributed by atoms with Crippen molar-refractivity contribution in [1.29, 1.82) is 0 Å². The molecule has 0 saturated carbocycles. The Labute approximate surface area is 133 Å². The molecule has 1 heterocycles. The second-order valence-corrected chi connectivity index (χ2v) is 5.24. The van der Waals surface area contributed by atoms with Crippen LogP contribution in [0.25, 0.3) is 11.1 Å². The molecule has 0 amide bonds. The number of hydrogen-bond donors (Lipinski definition) is 2. The summed E-state index contributed by atoms with van der Waals surface area (Å²) >= 11 is 0. The molecule has 2 aromatic carbocycles. The lowest BCUT2D eigenvalue weighted by Gasteiger charge is -2.11. The van der Waals surface area contributed by atoms with E-state index in [1.807, 2.05) is 12.1 Å². The van der Waals surface area contributed by atoms with Crippen LogP contribution in [-0.4, -0.2) is 15.9 Å². The number of carbonyl (C=O) groups is 1. The van der Waals surface area contributed by atoms with Crippen LogP contribution in [0, 0.1) is 6.92 Å². The summed E-state index contributed by atoms with van der Waals surface area (Å²) in [6, 6.07) is 17.5. The zero-order valence-corrected chi connectivity index (χ0v) is 12.5. The third-order valence-electron chi connectivity index (χ3n) is 3.70. The maximum Gasteiger partial charge on any atom is 0.259 e. The second-order valence-electron chi connectivity index (χ2n) is 5.24. The lowest BCUT2D eigenvalue weighted by molar-refractivity contribution is 0.103. The highest BCUT2D eigenvalue weighted by molar-refractivity contribution is 6.12. The molecule has 0 fully saturated rings. The molecule has 0 radical (unpaired) electrons. The summed E-state index contributed by atoms with van der Waals surface area (Å²) in [6.07, 6.45) is 0. The van der Waals surface area contributed by atoms with Crippen LogP contribution >= 0.6 is 0 Å². The van der Waals surface area contributed by atoms with Gasteiger partial charge in [-0.1, -0.05) is 60.7 Å². The molecule has 0 atom stereocenters. The number of nitrogens with one attached hydrogen (secondary N) is 1. The predicted octanol–water partition coefficient (Wildman–Crippen LogP) is 3.29. The monoisotopic (exact) mass is 305 g/mol. The zero-order chi connectivity index (χ0) is 16.4. The van der Waals surface area contributed by atoms with Crippen molar-refractivity contribution in [3.8, 4) is 16.9 Å². The first-order chi connectivity index (χ1) is 11.1. The molecule has 114 valence electrons. The third-order valence-corrected chi connectivity index (χ3v) is 3.70. The molecule has 3 rings (SSSR count). The van der Waals surface area contributed by atoms with Gasteiger partial charge in [0, 0.05) is 11.3 Å². The van der Waals surface area contributed by atoms with E-state index < -0.39 is 5.56 Å². The van der Waals surface area contributed by atoms with Crippen molar-refractivity contribution >= 4 is 5.78 Å². The van der Waals surface area contributed by atoms with Gasteiger partial charge < -0.3 is 10.1 Å². The molecule has 0 aliphatic rings. The van der Waals surface area contributed by atoms with Gasteiger partial charge in [-0.25, -0.2) is 0 Å². The van der Waals surface area contributed by atoms with Gasteiger partial charge in [-0.15, -0.1) is 0 Å².